The highest BCUT2D eigenvalue weighted by Crippen LogP contribution is 2.71. The SMILES string of the molecule is Nc1nc2c(ncn2[C@@H]2O[C@@]34C[C@H]3OP(=O)(S)O[C@H]3[C@@H](O)[C@H](n5cnc6c(N)ncnc65)OC35C[C@@H]5OP(O)(=S)O[C@H]4[C@H]2F)c(=O)[nH]1. The Morgan fingerprint density at radius 3 is 2.40 bits per heavy atom. The maximum Gasteiger partial charge on any atom is 0.386 e. The molecule has 5 aliphatic rings. The molecule has 3 aliphatic heterocycles. The van der Waals surface area contributed by atoms with Crippen molar-refractivity contribution >= 4 is 71.7 Å². The molecule has 12 atom stereocenters. The Hall–Kier alpha value is -2.66. The lowest BCUT2D eigenvalue weighted by Gasteiger charge is -2.29. The van der Waals surface area contributed by atoms with E-state index in [4.69, 9.17) is 50.8 Å². The largest absolute Gasteiger partial charge is 0.386 e. The number of hydrogen-bond donors (Lipinski definition) is 6. The molecule has 25 heteroatoms. The number of nitrogens with zero attached hydrogens (tertiary/aromatic N) is 7. The van der Waals surface area contributed by atoms with Crippen LogP contribution in [0.25, 0.3) is 22.3 Å². The number of aromatic nitrogens is 8. The fourth-order valence-electron chi connectivity index (χ4n) is 6.71. The van der Waals surface area contributed by atoms with Crippen molar-refractivity contribution in [2.75, 3.05) is 11.5 Å². The van der Waals surface area contributed by atoms with Gasteiger partial charge in [0.25, 0.3) is 5.56 Å². The smallest absolute Gasteiger partial charge is 0.386 e. The number of aliphatic hydroxyl groups excluding tert-OH is 1. The average Bonchev–Trinajstić information content (AvgIpc) is 3.53. The van der Waals surface area contributed by atoms with Crippen LogP contribution < -0.4 is 17.0 Å². The lowest BCUT2D eigenvalue weighted by Crippen LogP contribution is -2.39. The highest BCUT2D eigenvalue weighted by Gasteiger charge is 2.77. The van der Waals surface area contributed by atoms with Crippen molar-refractivity contribution in [3.63, 3.8) is 0 Å². The molecule has 5 fully saturated rings. The first-order valence-electron chi connectivity index (χ1n) is 13.9. The van der Waals surface area contributed by atoms with Gasteiger partial charge in [0.2, 0.25) is 5.95 Å². The fourth-order valence-corrected chi connectivity index (χ4v) is 10.4. The molecular weight excluding hydrogens is 709 g/mol. The third-order valence-corrected chi connectivity index (χ3v) is 12.1. The maximum atomic E-state index is 16.4. The molecule has 0 bridgehead atoms. The molecule has 2 aliphatic carbocycles. The minimum Gasteiger partial charge on any atom is -0.386 e. The first-order valence-corrected chi connectivity index (χ1v) is 19.2. The Balaban J connectivity index is 1.06. The molecule has 7 heterocycles. The van der Waals surface area contributed by atoms with E-state index in [1.54, 1.807) is 0 Å². The third kappa shape index (κ3) is 4.43. The van der Waals surface area contributed by atoms with Crippen LogP contribution in [-0.2, 0) is 43.9 Å². The summed E-state index contributed by atoms with van der Waals surface area (Å²) in [7, 11) is 0. The summed E-state index contributed by atoms with van der Waals surface area (Å²) in [5, 5.41) is 11.5. The number of nitrogen functional groups attached to an aromatic ring is 2. The van der Waals surface area contributed by atoms with Gasteiger partial charge in [-0.05, 0) is 11.8 Å². The van der Waals surface area contributed by atoms with Gasteiger partial charge in [-0.15, -0.1) is 0 Å². The molecule has 4 aromatic rings. The molecule has 2 spiro atoms. The average molecular weight is 733 g/mol. The van der Waals surface area contributed by atoms with Crippen molar-refractivity contribution in [3.8, 4) is 0 Å². The van der Waals surface area contributed by atoms with Gasteiger partial charge in [0.05, 0.1) is 12.7 Å². The molecule has 0 aromatic carbocycles. The molecule has 4 aromatic heterocycles. The number of imidazole rings is 2. The molecule has 250 valence electrons. The van der Waals surface area contributed by atoms with Crippen LogP contribution in [0.2, 0.25) is 0 Å². The van der Waals surface area contributed by atoms with E-state index >= 15 is 4.39 Å². The second-order valence-corrected chi connectivity index (χ2v) is 17.4. The van der Waals surface area contributed by atoms with Crippen molar-refractivity contribution in [3.05, 3.63) is 29.3 Å². The number of aliphatic hydroxyl groups is 1. The minimum atomic E-state index is -4.38. The second-order valence-electron chi connectivity index (χ2n) is 11.8. The number of anilines is 2. The Morgan fingerprint density at radius 2 is 1.64 bits per heavy atom. The predicted octanol–water partition coefficient (Wildman–Crippen LogP) is -0.0254. The molecular formula is C22H23FN10O10P2S2. The van der Waals surface area contributed by atoms with E-state index in [1.165, 1.54) is 17.2 Å². The standard InChI is InChI=1S/C22H23FN10O10P2S2/c23-8-12-21(38-18(8)33-5-29-10-16(33)30-20(25)31-17(10)35)1-6(21)40-45(37,47)43-13-11(34)19(32-4-28-9-14(24)26-3-27-15(9)32)39-22(13)2-7(22)41-44(36,46)42-12/h3-8,11-13,18-19,34H,1-2H2,(H,36,46)(H,37,47)(H2,24,26,27)(H3,25,30,31,35)/t6-,7+,8-,11-,12+,13+,18-,19-,21+,22?,44?,45?/m1/s1. The number of nitrogens with two attached hydrogens (primary N) is 2. The lowest BCUT2D eigenvalue weighted by atomic mass is 10.1. The van der Waals surface area contributed by atoms with Crippen LogP contribution in [0.3, 0.4) is 0 Å². The van der Waals surface area contributed by atoms with Gasteiger partial charge in [-0.2, -0.15) is 4.98 Å². The fraction of sp³-hybridized carbons (Fsp3) is 0.545. The first-order chi connectivity index (χ1) is 22.2. The topological polar surface area (TPSA) is 272 Å². The molecule has 3 saturated heterocycles. The van der Waals surface area contributed by atoms with E-state index in [0.717, 1.165) is 10.9 Å². The van der Waals surface area contributed by atoms with Crippen molar-refractivity contribution in [2.45, 2.75) is 73.2 Å². The van der Waals surface area contributed by atoms with Crippen molar-refractivity contribution in [2.24, 2.45) is 0 Å². The number of rotatable bonds is 2. The molecule has 20 nitrogen and oxygen atoms in total. The molecule has 0 radical (unpaired) electrons. The van der Waals surface area contributed by atoms with Crippen molar-refractivity contribution < 1.29 is 46.5 Å². The number of hydrogen-bond acceptors (Lipinski definition) is 17. The van der Waals surface area contributed by atoms with Gasteiger partial charge in [-0.3, -0.25) is 32.5 Å². The van der Waals surface area contributed by atoms with Crippen LogP contribution >= 0.6 is 25.8 Å². The number of nitrogens with one attached hydrogen (secondary N) is 1. The number of fused-ring (bicyclic) bond motifs is 2. The summed E-state index contributed by atoms with van der Waals surface area (Å²) in [4.78, 5) is 46.2. The number of aromatic amines is 1. The second kappa shape index (κ2) is 9.73. The van der Waals surface area contributed by atoms with Gasteiger partial charge >= 0.3 is 13.5 Å². The minimum absolute atomic E-state index is 0.00878. The summed E-state index contributed by atoms with van der Waals surface area (Å²) in [6.07, 6.45) is -7.98. The predicted molar refractivity (Wildman–Crippen MR) is 161 cm³/mol. The van der Waals surface area contributed by atoms with Gasteiger partial charge in [-0.25, -0.2) is 28.9 Å². The van der Waals surface area contributed by atoms with E-state index in [2.05, 4.69) is 42.2 Å². The summed E-state index contributed by atoms with van der Waals surface area (Å²) >= 11 is 9.51. The van der Waals surface area contributed by atoms with Crippen LogP contribution in [0.1, 0.15) is 25.3 Å². The Morgan fingerprint density at radius 1 is 0.979 bits per heavy atom. The third-order valence-electron chi connectivity index (χ3n) is 8.99. The Bertz CT molecular complexity index is 2160. The van der Waals surface area contributed by atoms with Gasteiger partial charge < -0.3 is 35.5 Å². The lowest BCUT2D eigenvalue weighted by molar-refractivity contribution is -0.0698. The molecule has 7 N–H and O–H groups in total. The zero-order valence-corrected chi connectivity index (χ0v) is 26.8. The zero-order chi connectivity index (χ0) is 32.8. The summed E-state index contributed by atoms with van der Waals surface area (Å²) in [6, 6.07) is 0. The van der Waals surface area contributed by atoms with Crippen molar-refractivity contribution in [1.82, 2.24) is 39.0 Å². The molecule has 2 saturated carbocycles. The van der Waals surface area contributed by atoms with Crippen LogP contribution in [0.4, 0.5) is 16.2 Å². The summed E-state index contributed by atoms with van der Waals surface area (Å²) in [6.45, 7) is -8.67. The summed E-state index contributed by atoms with van der Waals surface area (Å²) in [5.74, 6) is -0.149. The highest BCUT2D eigenvalue weighted by atomic mass is 32.7. The number of halogens is 1. The number of alkyl halides is 1. The van der Waals surface area contributed by atoms with Crippen LogP contribution in [-0.4, -0.2) is 96.9 Å². The normalized spacial score (nSPS) is 44.3. The van der Waals surface area contributed by atoms with E-state index in [-0.39, 0.29) is 46.9 Å². The van der Waals surface area contributed by atoms with Gasteiger partial charge in [-0.1, -0.05) is 12.2 Å². The maximum absolute atomic E-state index is 16.4. The zero-order valence-electron chi connectivity index (χ0n) is 23.3. The molecule has 0 amide bonds. The quantitative estimate of drug-likeness (QED) is 0.117. The van der Waals surface area contributed by atoms with E-state index in [1.807, 2.05) is 0 Å². The first kappa shape index (κ1) is 30.4. The number of ether oxygens (including phenoxy) is 2. The summed E-state index contributed by atoms with van der Waals surface area (Å²) < 4.78 is 68.3. The summed E-state index contributed by atoms with van der Waals surface area (Å²) in [5.41, 5.74) is 8.04. The van der Waals surface area contributed by atoms with Gasteiger partial charge in [0.1, 0.15) is 53.6 Å². The Labute approximate surface area is 270 Å². The van der Waals surface area contributed by atoms with E-state index in [0.29, 0.717) is 0 Å². The van der Waals surface area contributed by atoms with Crippen molar-refractivity contribution in [1.29, 1.82) is 0 Å². The van der Waals surface area contributed by atoms with Crippen LogP contribution in [0.15, 0.2) is 23.8 Å². The van der Waals surface area contributed by atoms with Crippen LogP contribution in [0.5, 0.6) is 0 Å². The molecule has 3 unspecified atom stereocenters. The van der Waals surface area contributed by atoms with E-state index < -0.39 is 79.4 Å². The van der Waals surface area contributed by atoms with Gasteiger partial charge in [0, 0.05) is 12.8 Å². The Kier molecular flexibility index (Phi) is 6.30. The monoisotopic (exact) mass is 732 g/mol. The number of H-pyrrole nitrogens is 1. The number of thiol groups is 1. The molecule has 47 heavy (non-hydrogen) atoms. The molecule has 9 rings (SSSR count). The van der Waals surface area contributed by atoms with E-state index in [9.17, 15) is 19.4 Å². The van der Waals surface area contributed by atoms with Gasteiger partial charge in [0.15, 0.2) is 41.3 Å². The van der Waals surface area contributed by atoms with Crippen LogP contribution in [0, 0.1) is 0 Å². The highest BCUT2D eigenvalue weighted by molar-refractivity contribution is 8.44.